The summed E-state index contributed by atoms with van der Waals surface area (Å²) < 4.78 is 43.7. The standard InChI is InChI=1S/C32H32FNO7/c1-32(2,36)12-13-38-21-5-9-26(19(14-21)17-34)41-27-11-8-25(33)31-24(27)7-10-28(31)40-22-4-6-23-20(15-30(35)37-3)18-39-29(23)16-22/h4-6,8-9,11,14,16,20,28,36H,7,10,12-13,15,18H2,1-3H3/t20-,28-/m1/s1. The van der Waals surface area contributed by atoms with E-state index in [2.05, 4.69) is 6.07 Å². The SMILES string of the molecule is COC(=O)C[C@@H]1COc2cc(O[C@@H]3CCc4c(Oc5ccc(OCCC(C)(C)O)cc5C#N)ccc(F)c43)ccc21. The third-order valence-electron chi connectivity index (χ3n) is 7.30. The lowest BCUT2D eigenvalue weighted by Gasteiger charge is -2.18. The van der Waals surface area contributed by atoms with Crippen molar-refractivity contribution in [2.45, 2.75) is 57.2 Å². The molecule has 0 fully saturated rings. The molecule has 0 amide bonds. The molecule has 8 nitrogen and oxygen atoms in total. The van der Waals surface area contributed by atoms with E-state index < -0.39 is 11.7 Å². The van der Waals surface area contributed by atoms with Crippen LogP contribution in [0.4, 0.5) is 4.39 Å². The van der Waals surface area contributed by atoms with Crippen molar-refractivity contribution in [3.8, 4) is 34.8 Å². The van der Waals surface area contributed by atoms with Crippen molar-refractivity contribution in [1.29, 1.82) is 5.26 Å². The summed E-state index contributed by atoms with van der Waals surface area (Å²) in [5.41, 5.74) is 1.46. The number of aliphatic hydroxyl groups is 1. The van der Waals surface area contributed by atoms with Crippen molar-refractivity contribution in [3.05, 3.63) is 76.6 Å². The second kappa shape index (κ2) is 11.7. The number of halogens is 1. The number of ether oxygens (including phenoxy) is 5. The lowest BCUT2D eigenvalue weighted by molar-refractivity contribution is -0.141. The number of nitrogens with zero attached hydrogens (tertiary/aromatic N) is 1. The molecule has 0 radical (unpaired) electrons. The first-order valence-corrected chi connectivity index (χ1v) is 13.5. The highest BCUT2D eigenvalue weighted by Gasteiger charge is 2.32. The number of nitriles is 1. The lowest BCUT2D eigenvalue weighted by Crippen LogP contribution is -2.21. The van der Waals surface area contributed by atoms with Crippen LogP contribution in [0.5, 0.6) is 28.7 Å². The van der Waals surface area contributed by atoms with Crippen molar-refractivity contribution in [3.63, 3.8) is 0 Å². The Balaban J connectivity index is 1.31. The highest BCUT2D eigenvalue weighted by molar-refractivity contribution is 5.71. The normalized spacial score (nSPS) is 17.2. The summed E-state index contributed by atoms with van der Waals surface area (Å²) in [5.74, 6) is 1.70. The first-order valence-electron chi connectivity index (χ1n) is 13.5. The largest absolute Gasteiger partial charge is 0.493 e. The summed E-state index contributed by atoms with van der Waals surface area (Å²) in [6, 6.07) is 15.4. The van der Waals surface area contributed by atoms with E-state index in [1.807, 2.05) is 6.07 Å². The molecule has 3 aromatic rings. The Hall–Kier alpha value is -4.29. The van der Waals surface area contributed by atoms with E-state index in [4.69, 9.17) is 23.7 Å². The van der Waals surface area contributed by atoms with Gasteiger partial charge in [-0.25, -0.2) is 4.39 Å². The van der Waals surface area contributed by atoms with Crippen LogP contribution in [0.2, 0.25) is 0 Å². The van der Waals surface area contributed by atoms with Crippen LogP contribution in [0.15, 0.2) is 48.5 Å². The van der Waals surface area contributed by atoms with Gasteiger partial charge in [0.1, 0.15) is 46.7 Å². The van der Waals surface area contributed by atoms with Gasteiger partial charge in [-0.2, -0.15) is 5.26 Å². The average molecular weight is 562 g/mol. The molecule has 2 atom stereocenters. The van der Waals surface area contributed by atoms with Crippen LogP contribution in [0.3, 0.4) is 0 Å². The Morgan fingerprint density at radius 3 is 2.68 bits per heavy atom. The van der Waals surface area contributed by atoms with Gasteiger partial charge in [-0.1, -0.05) is 6.07 Å². The number of esters is 1. The smallest absolute Gasteiger partial charge is 0.306 e. The van der Waals surface area contributed by atoms with Crippen LogP contribution in [-0.4, -0.2) is 37.0 Å². The highest BCUT2D eigenvalue weighted by atomic mass is 19.1. The van der Waals surface area contributed by atoms with Crippen LogP contribution in [0, 0.1) is 17.1 Å². The summed E-state index contributed by atoms with van der Waals surface area (Å²) in [6.07, 6.45) is 1.23. The van der Waals surface area contributed by atoms with Crippen molar-refractivity contribution in [2.24, 2.45) is 0 Å². The van der Waals surface area contributed by atoms with Gasteiger partial charge in [-0.3, -0.25) is 4.79 Å². The third kappa shape index (κ3) is 6.39. The second-order valence-electron chi connectivity index (χ2n) is 10.9. The fourth-order valence-corrected chi connectivity index (χ4v) is 5.12. The summed E-state index contributed by atoms with van der Waals surface area (Å²) in [7, 11) is 1.36. The van der Waals surface area contributed by atoms with Gasteiger partial charge >= 0.3 is 5.97 Å². The van der Waals surface area contributed by atoms with Gasteiger partial charge in [0.25, 0.3) is 0 Å². The number of carbonyl (C=O) groups is 1. The van der Waals surface area contributed by atoms with E-state index in [1.165, 1.54) is 13.2 Å². The van der Waals surface area contributed by atoms with Crippen molar-refractivity contribution in [1.82, 2.24) is 0 Å². The van der Waals surface area contributed by atoms with Crippen LogP contribution < -0.4 is 18.9 Å². The van der Waals surface area contributed by atoms with E-state index in [1.54, 1.807) is 50.2 Å². The summed E-state index contributed by atoms with van der Waals surface area (Å²) in [5, 5.41) is 19.6. The van der Waals surface area contributed by atoms with E-state index >= 15 is 4.39 Å². The van der Waals surface area contributed by atoms with Crippen LogP contribution in [0.25, 0.3) is 0 Å². The van der Waals surface area contributed by atoms with Gasteiger partial charge in [0, 0.05) is 41.2 Å². The molecule has 214 valence electrons. The van der Waals surface area contributed by atoms with E-state index in [9.17, 15) is 15.2 Å². The predicted octanol–water partition coefficient (Wildman–Crippen LogP) is 6.13. The Morgan fingerprint density at radius 1 is 1.15 bits per heavy atom. The first kappa shape index (κ1) is 28.2. The third-order valence-corrected chi connectivity index (χ3v) is 7.30. The van der Waals surface area contributed by atoms with Gasteiger partial charge < -0.3 is 28.8 Å². The zero-order valence-corrected chi connectivity index (χ0v) is 23.2. The van der Waals surface area contributed by atoms with Gasteiger partial charge in [-0.05, 0) is 57.0 Å². The van der Waals surface area contributed by atoms with Crippen molar-refractivity contribution >= 4 is 5.97 Å². The fourth-order valence-electron chi connectivity index (χ4n) is 5.12. The molecule has 9 heteroatoms. The minimum absolute atomic E-state index is 0.0810. The molecule has 0 bridgehead atoms. The van der Waals surface area contributed by atoms with E-state index in [-0.39, 0.29) is 29.7 Å². The predicted molar refractivity (Wildman–Crippen MR) is 147 cm³/mol. The molecule has 1 heterocycles. The molecule has 1 aliphatic carbocycles. The number of hydrogen-bond donors (Lipinski definition) is 1. The van der Waals surface area contributed by atoms with Crippen LogP contribution >= 0.6 is 0 Å². The average Bonchev–Trinajstić information content (AvgIpc) is 3.54. The maximum Gasteiger partial charge on any atom is 0.306 e. The van der Waals surface area contributed by atoms with Crippen LogP contribution in [-0.2, 0) is 16.0 Å². The van der Waals surface area contributed by atoms with Crippen LogP contribution in [0.1, 0.15) is 67.4 Å². The Labute approximate surface area is 238 Å². The van der Waals surface area contributed by atoms with E-state index in [0.29, 0.717) is 72.4 Å². The molecule has 1 N–H and O–H groups in total. The molecule has 41 heavy (non-hydrogen) atoms. The first-order chi connectivity index (χ1) is 19.6. The number of rotatable bonds is 10. The quantitative estimate of drug-likeness (QED) is 0.295. The minimum Gasteiger partial charge on any atom is -0.493 e. The molecule has 0 spiro atoms. The number of hydrogen-bond acceptors (Lipinski definition) is 8. The fraction of sp³-hybridized carbons (Fsp3) is 0.375. The Bertz CT molecular complexity index is 1490. The monoisotopic (exact) mass is 561 g/mol. The second-order valence-corrected chi connectivity index (χ2v) is 10.9. The minimum atomic E-state index is -0.852. The van der Waals surface area contributed by atoms with E-state index in [0.717, 1.165) is 5.56 Å². The molecule has 5 rings (SSSR count). The highest BCUT2D eigenvalue weighted by Crippen LogP contribution is 2.45. The molecule has 1 aliphatic heterocycles. The van der Waals surface area contributed by atoms with Gasteiger partial charge in [-0.15, -0.1) is 0 Å². The molecular formula is C32H32FNO7. The van der Waals surface area contributed by atoms with Gasteiger partial charge in [0.2, 0.25) is 0 Å². The molecule has 0 aromatic heterocycles. The Morgan fingerprint density at radius 2 is 1.93 bits per heavy atom. The lowest BCUT2D eigenvalue weighted by atomic mass is 9.98. The Kier molecular flexibility index (Phi) is 8.04. The van der Waals surface area contributed by atoms with Gasteiger partial charge in [0.15, 0.2) is 0 Å². The number of benzene rings is 3. The molecule has 3 aromatic carbocycles. The summed E-state index contributed by atoms with van der Waals surface area (Å²) >= 11 is 0. The summed E-state index contributed by atoms with van der Waals surface area (Å²) in [6.45, 7) is 4.09. The maximum atomic E-state index is 15.1. The summed E-state index contributed by atoms with van der Waals surface area (Å²) in [4.78, 5) is 11.7. The molecule has 0 saturated carbocycles. The molecule has 2 aliphatic rings. The zero-order valence-electron chi connectivity index (χ0n) is 23.2. The van der Waals surface area contributed by atoms with Crippen molar-refractivity contribution < 1.29 is 38.0 Å². The topological polar surface area (TPSA) is 107 Å². The molecule has 0 saturated heterocycles. The number of fused-ring (bicyclic) bond motifs is 2. The number of methoxy groups -OCH3 is 1. The van der Waals surface area contributed by atoms with Gasteiger partial charge in [0.05, 0.1) is 37.9 Å². The van der Waals surface area contributed by atoms with Crippen molar-refractivity contribution in [2.75, 3.05) is 20.3 Å². The molecular weight excluding hydrogens is 529 g/mol. The maximum absolute atomic E-state index is 15.1. The molecule has 0 unspecified atom stereocenters. The number of carbonyl (C=O) groups excluding carboxylic acids is 1. The zero-order chi connectivity index (χ0) is 29.1.